The van der Waals surface area contributed by atoms with Crippen molar-refractivity contribution in [3.05, 3.63) is 35.4 Å². The molecule has 96 valence electrons. The van der Waals surface area contributed by atoms with Gasteiger partial charge in [0, 0.05) is 12.5 Å². The number of nitrogens with one attached hydrogen (secondary N) is 1. The minimum absolute atomic E-state index is 0.0896. The molecule has 1 aromatic carbocycles. The molecule has 1 heterocycles. The molecule has 1 aliphatic heterocycles. The standard InChI is InChI=1S/C16H21NO/c1-2-12-5-7-13(8-6-12)14-11-17-15(18)16(14)9-3-4-10-16/h5-8,14H,2-4,9-11H2,1H3,(H,17,18). The third-order valence-electron chi connectivity index (χ3n) is 4.87. The molecule has 1 aliphatic carbocycles. The minimum Gasteiger partial charge on any atom is -0.355 e. The molecular formula is C16H21NO. The van der Waals surface area contributed by atoms with Crippen molar-refractivity contribution in [1.29, 1.82) is 0 Å². The second kappa shape index (κ2) is 4.42. The predicted molar refractivity (Wildman–Crippen MR) is 72.5 cm³/mol. The van der Waals surface area contributed by atoms with Gasteiger partial charge in [0.1, 0.15) is 0 Å². The van der Waals surface area contributed by atoms with Crippen LogP contribution < -0.4 is 5.32 Å². The summed E-state index contributed by atoms with van der Waals surface area (Å²) < 4.78 is 0. The van der Waals surface area contributed by atoms with Gasteiger partial charge in [-0.3, -0.25) is 4.79 Å². The van der Waals surface area contributed by atoms with Gasteiger partial charge in [-0.15, -0.1) is 0 Å². The average Bonchev–Trinajstić information content (AvgIpc) is 3.01. The van der Waals surface area contributed by atoms with Gasteiger partial charge in [0.25, 0.3) is 0 Å². The Hall–Kier alpha value is -1.31. The summed E-state index contributed by atoms with van der Waals surface area (Å²) >= 11 is 0. The van der Waals surface area contributed by atoms with Crippen molar-refractivity contribution in [1.82, 2.24) is 5.32 Å². The highest BCUT2D eigenvalue weighted by Gasteiger charge is 2.51. The van der Waals surface area contributed by atoms with Crippen molar-refractivity contribution in [2.45, 2.75) is 44.9 Å². The zero-order valence-electron chi connectivity index (χ0n) is 11.0. The van der Waals surface area contributed by atoms with Crippen molar-refractivity contribution in [2.75, 3.05) is 6.54 Å². The van der Waals surface area contributed by atoms with Crippen molar-refractivity contribution < 1.29 is 4.79 Å². The molecule has 1 spiro atoms. The summed E-state index contributed by atoms with van der Waals surface area (Å²) in [6.45, 7) is 3.00. The molecule has 1 saturated carbocycles. The highest BCUT2D eigenvalue weighted by molar-refractivity contribution is 5.86. The second-order valence-corrected chi connectivity index (χ2v) is 5.72. The van der Waals surface area contributed by atoms with E-state index >= 15 is 0 Å². The van der Waals surface area contributed by atoms with E-state index < -0.39 is 0 Å². The van der Waals surface area contributed by atoms with Gasteiger partial charge >= 0.3 is 0 Å². The molecule has 18 heavy (non-hydrogen) atoms. The van der Waals surface area contributed by atoms with Crippen LogP contribution in [-0.4, -0.2) is 12.5 Å². The van der Waals surface area contributed by atoms with Gasteiger partial charge < -0.3 is 5.32 Å². The van der Waals surface area contributed by atoms with Crippen molar-refractivity contribution in [2.24, 2.45) is 5.41 Å². The van der Waals surface area contributed by atoms with Crippen LogP contribution in [-0.2, 0) is 11.2 Å². The van der Waals surface area contributed by atoms with E-state index in [0.29, 0.717) is 11.8 Å². The molecule has 1 amide bonds. The lowest BCUT2D eigenvalue weighted by molar-refractivity contribution is -0.127. The van der Waals surface area contributed by atoms with Gasteiger partial charge in [-0.1, -0.05) is 44.0 Å². The molecule has 0 bridgehead atoms. The van der Waals surface area contributed by atoms with Crippen LogP contribution in [0.1, 0.15) is 49.7 Å². The third-order valence-corrected chi connectivity index (χ3v) is 4.87. The van der Waals surface area contributed by atoms with Crippen LogP contribution in [0.25, 0.3) is 0 Å². The monoisotopic (exact) mass is 243 g/mol. The number of carbonyl (C=O) groups is 1. The van der Waals surface area contributed by atoms with Crippen LogP contribution in [0, 0.1) is 5.41 Å². The summed E-state index contributed by atoms with van der Waals surface area (Å²) in [5, 5.41) is 3.09. The summed E-state index contributed by atoms with van der Waals surface area (Å²) in [5.74, 6) is 0.683. The first kappa shape index (κ1) is 11.8. The van der Waals surface area contributed by atoms with Gasteiger partial charge in [-0.25, -0.2) is 0 Å². The number of amides is 1. The highest BCUT2D eigenvalue weighted by Crippen LogP contribution is 2.51. The number of hydrogen-bond donors (Lipinski definition) is 1. The first-order valence-electron chi connectivity index (χ1n) is 7.13. The molecule has 1 N–H and O–H groups in total. The fraction of sp³-hybridized carbons (Fsp3) is 0.562. The zero-order chi connectivity index (χ0) is 12.6. The predicted octanol–water partition coefficient (Wildman–Crippen LogP) is 3.02. The summed E-state index contributed by atoms with van der Waals surface area (Å²) in [4.78, 5) is 12.2. The smallest absolute Gasteiger partial charge is 0.226 e. The second-order valence-electron chi connectivity index (χ2n) is 5.72. The van der Waals surface area contributed by atoms with E-state index in [9.17, 15) is 4.79 Å². The van der Waals surface area contributed by atoms with Crippen LogP contribution >= 0.6 is 0 Å². The molecule has 3 rings (SSSR count). The van der Waals surface area contributed by atoms with Crippen LogP contribution in [0.4, 0.5) is 0 Å². The largest absolute Gasteiger partial charge is 0.355 e. The Kier molecular flexibility index (Phi) is 2.89. The Labute approximate surface area is 109 Å². The first-order valence-corrected chi connectivity index (χ1v) is 7.13. The number of hydrogen-bond acceptors (Lipinski definition) is 1. The average molecular weight is 243 g/mol. The maximum Gasteiger partial charge on any atom is 0.226 e. The van der Waals surface area contributed by atoms with Gasteiger partial charge in [0.05, 0.1) is 5.41 Å². The fourth-order valence-electron chi connectivity index (χ4n) is 3.73. The Morgan fingerprint density at radius 2 is 1.89 bits per heavy atom. The number of carbonyl (C=O) groups excluding carboxylic acids is 1. The number of aryl methyl sites for hydroxylation is 1. The zero-order valence-corrected chi connectivity index (χ0v) is 11.0. The Morgan fingerprint density at radius 1 is 1.22 bits per heavy atom. The van der Waals surface area contributed by atoms with Crippen molar-refractivity contribution in [3.63, 3.8) is 0 Å². The van der Waals surface area contributed by atoms with Gasteiger partial charge in [0.2, 0.25) is 5.91 Å². The van der Waals surface area contributed by atoms with E-state index in [2.05, 4.69) is 36.5 Å². The molecule has 0 radical (unpaired) electrons. The lowest BCUT2D eigenvalue weighted by atomic mass is 9.72. The van der Waals surface area contributed by atoms with Crippen LogP contribution in [0.5, 0.6) is 0 Å². The summed E-state index contributed by atoms with van der Waals surface area (Å²) in [5.41, 5.74) is 2.62. The lowest BCUT2D eigenvalue weighted by Crippen LogP contribution is -2.31. The van der Waals surface area contributed by atoms with E-state index in [1.54, 1.807) is 0 Å². The summed E-state index contributed by atoms with van der Waals surface area (Å²) in [6, 6.07) is 8.87. The molecule has 2 fully saturated rings. The SMILES string of the molecule is CCc1ccc(C2CNC(=O)C23CCCC3)cc1. The van der Waals surface area contributed by atoms with E-state index in [1.165, 1.54) is 24.0 Å². The van der Waals surface area contributed by atoms with Gasteiger partial charge in [-0.05, 0) is 30.4 Å². The quantitative estimate of drug-likeness (QED) is 0.850. The molecular weight excluding hydrogens is 222 g/mol. The topological polar surface area (TPSA) is 29.1 Å². The molecule has 2 nitrogen and oxygen atoms in total. The van der Waals surface area contributed by atoms with E-state index in [-0.39, 0.29) is 5.41 Å². The lowest BCUT2D eigenvalue weighted by Gasteiger charge is -2.28. The number of rotatable bonds is 2. The molecule has 2 aliphatic rings. The molecule has 2 heteroatoms. The Morgan fingerprint density at radius 3 is 2.50 bits per heavy atom. The summed E-state index contributed by atoms with van der Waals surface area (Å²) in [6.07, 6.45) is 5.62. The third kappa shape index (κ3) is 1.66. The highest BCUT2D eigenvalue weighted by atomic mass is 16.2. The summed E-state index contributed by atoms with van der Waals surface area (Å²) in [7, 11) is 0. The van der Waals surface area contributed by atoms with Crippen LogP contribution in [0.3, 0.4) is 0 Å². The van der Waals surface area contributed by atoms with Crippen molar-refractivity contribution in [3.8, 4) is 0 Å². The van der Waals surface area contributed by atoms with Gasteiger partial charge in [-0.2, -0.15) is 0 Å². The maximum atomic E-state index is 12.2. The first-order chi connectivity index (χ1) is 8.76. The molecule has 1 aromatic rings. The van der Waals surface area contributed by atoms with Crippen molar-refractivity contribution >= 4 is 5.91 Å². The van der Waals surface area contributed by atoms with E-state index in [1.807, 2.05) is 0 Å². The van der Waals surface area contributed by atoms with Crippen LogP contribution in [0.2, 0.25) is 0 Å². The fourth-order valence-corrected chi connectivity index (χ4v) is 3.73. The van der Waals surface area contributed by atoms with Gasteiger partial charge in [0.15, 0.2) is 0 Å². The van der Waals surface area contributed by atoms with E-state index in [0.717, 1.165) is 25.8 Å². The Bertz CT molecular complexity index is 443. The molecule has 1 saturated heterocycles. The van der Waals surface area contributed by atoms with E-state index in [4.69, 9.17) is 0 Å². The molecule has 0 aromatic heterocycles. The maximum absolute atomic E-state index is 12.2. The van der Waals surface area contributed by atoms with Crippen LogP contribution in [0.15, 0.2) is 24.3 Å². The Balaban J connectivity index is 1.92. The normalized spacial score (nSPS) is 25.6. The minimum atomic E-state index is -0.0896. The molecule has 1 unspecified atom stereocenters. The molecule has 1 atom stereocenters. The number of benzene rings is 1.